The summed E-state index contributed by atoms with van der Waals surface area (Å²) in [6.07, 6.45) is 2.70. The Morgan fingerprint density at radius 1 is 1.47 bits per heavy atom. The number of carbonyl (C=O) groups excluding carboxylic acids is 1. The summed E-state index contributed by atoms with van der Waals surface area (Å²) in [4.78, 5) is 20.0. The van der Waals surface area contributed by atoms with E-state index in [2.05, 4.69) is 16.9 Å². The second-order valence-electron chi connectivity index (χ2n) is 3.56. The van der Waals surface area contributed by atoms with Gasteiger partial charge in [-0.3, -0.25) is 0 Å². The van der Waals surface area contributed by atoms with Crippen molar-refractivity contribution in [1.82, 2.24) is 9.97 Å². The fraction of sp³-hybridized carbons (Fsp3) is 0.583. The number of nitrogens with zero attached hydrogens (tertiary/aromatic N) is 2. The normalized spacial score (nSPS) is 10.3. The minimum atomic E-state index is -0.349. The van der Waals surface area contributed by atoms with Crippen LogP contribution in [-0.2, 0) is 10.5 Å². The second kappa shape index (κ2) is 7.27. The third-order valence-electron chi connectivity index (χ3n) is 2.10. The van der Waals surface area contributed by atoms with Crippen LogP contribution in [0.25, 0.3) is 0 Å². The first-order valence-corrected chi connectivity index (χ1v) is 6.91. The average molecular weight is 254 g/mol. The number of esters is 1. The van der Waals surface area contributed by atoms with Crippen LogP contribution in [0.5, 0.6) is 0 Å². The summed E-state index contributed by atoms with van der Waals surface area (Å²) >= 11 is 1.80. The number of rotatable bonds is 6. The smallest absolute Gasteiger partial charge is 0.341 e. The maximum absolute atomic E-state index is 11.5. The number of carbonyl (C=O) groups is 1. The third-order valence-corrected chi connectivity index (χ3v) is 3.26. The Kier molecular flexibility index (Phi) is 5.97. The van der Waals surface area contributed by atoms with Crippen molar-refractivity contribution in [2.45, 2.75) is 32.9 Å². The van der Waals surface area contributed by atoms with Gasteiger partial charge in [-0.15, -0.1) is 0 Å². The van der Waals surface area contributed by atoms with E-state index in [1.54, 1.807) is 24.9 Å². The molecule has 0 amide bonds. The average Bonchev–Trinajstić information content (AvgIpc) is 2.29. The van der Waals surface area contributed by atoms with Gasteiger partial charge in [0, 0.05) is 6.20 Å². The summed E-state index contributed by atoms with van der Waals surface area (Å²) in [6, 6.07) is 0. The van der Waals surface area contributed by atoms with Crippen LogP contribution in [0.2, 0.25) is 0 Å². The molecule has 94 valence electrons. The fourth-order valence-electron chi connectivity index (χ4n) is 1.30. The van der Waals surface area contributed by atoms with Gasteiger partial charge in [-0.2, -0.15) is 11.8 Å². The molecule has 0 aromatic carbocycles. The van der Waals surface area contributed by atoms with E-state index in [1.165, 1.54) is 0 Å². The topological polar surface area (TPSA) is 52.1 Å². The minimum Gasteiger partial charge on any atom is -0.462 e. The molecule has 4 nitrogen and oxygen atoms in total. The molecule has 0 saturated heterocycles. The van der Waals surface area contributed by atoms with Crippen molar-refractivity contribution < 1.29 is 9.53 Å². The largest absolute Gasteiger partial charge is 0.462 e. The number of ether oxygens (including phenoxy) is 1. The zero-order valence-electron chi connectivity index (χ0n) is 10.5. The lowest BCUT2D eigenvalue weighted by Crippen LogP contribution is -2.10. The summed E-state index contributed by atoms with van der Waals surface area (Å²) in [5.41, 5.74) is 1.14. The van der Waals surface area contributed by atoms with E-state index < -0.39 is 0 Å². The molecule has 0 unspecified atom stereocenters. The van der Waals surface area contributed by atoms with Gasteiger partial charge in [0.05, 0.1) is 23.6 Å². The first-order valence-electron chi connectivity index (χ1n) is 5.76. The molecule has 17 heavy (non-hydrogen) atoms. The van der Waals surface area contributed by atoms with Crippen molar-refractivity contribution in [2.24, 2.45) is 0 Å². The van der Waals surface area contributed by atoms with E-state index >= 15 is 0 Å². The van der Waals surface area contributed by atoms with Crippen LogP contribution in [0, 0.1) is 6.92 Å². The lowest BCUT2D eigenvalue weighted by Gasteiger charge is -2.06. The van der Waals surface area contributed by atoms with E-state index in [9.17, 15) is 4.79 Å². The Hall–Kier alpha value is -1.10. The van der Waals surface area contributed by atoms with E-state index in [4.69, 9.17) is 4.74 Å². The number of hydrogen-bond acceptors (Lipinski definition) is 5. The molecule has 0 aliphatic carbocycles. The Morgan fingerprint density at radius 2 is 2.24 bits per heavy atom. The Balaban J connectivity index is 2.68. The van der Waals surface area contributed by atoms with Crippen LogP contribution in [0.1, 0.15) is 42.1 Å². The standard InChI is InChI=1S/C12H18N2O2S/c1-4-6-17-8-11-13-7-10(9(3)14-11)12(15)16-5-2/h7H,4-6,8H2,1-3H3. The summed E-state index contributed by atoms with van der Waals surface area (Å²) < 4.78 is 4.92. The van der Waals surface area contributed by atoms with Gasteiger partial charge >= 0.3 is 5.97 Å². The van der Waals surface area contributed by atoms with Gasteiger partial charge in [-0.1, -0.05) is 6.92 Å². The zero-order chi connectivity index (χ0) is 12.7. The molecule has 0 bridgehead atoms. The molecule has 5 heteroatoms. The van der Waals surface area contributed by atoms with Crippen LogP contribution in [0.3, 0.4) is 0 Å². The highest BCUT2D eigenvalue weighted by Crippen LogP contribution is 2.12. The minimum absolute atomic E-state index is 0.349. The first kappa shape index (κ1) is 14.0. The Morgan fingerprint density at radius 3 is 2.82 bits per heavy atom. The quantitative estimate of drug-likeness (QED) is 0.577. The van der Waals surface area contributed by atoms with Crippen molar-refractivity contribution >= 4 is 17.7 Å². The molecule has 0 N–H and O–H groups in total. The van der Waals surface area contributed by atoms with Gasteiger partial charge in [0.2, 0.25) is 0 Å². The van der Waals surface area contributed by atoms with E-state index in [1.807, 2.05) is 6.92 Å². The van der Waals surface area contributed by atoms with E-state index in [0.29, 0.717) is 17.9 Å². The van der Waals surface area contributed by atoms with Gasteiger partial charge in [0.25, 0.3) is 0 Å². The van der Waals surface area contributed by atoms with Gasteiger partial charge < -0.3 is 4.74 Å². The van der Waals surface area contributed by atoms with Crippen molar-refractivity contribution in [3.63, 3.8) is 0 Å². The van der Waals surface area contributed by atoms with Crippen LogP contribution in [-0.4, -0.2) is 28.3 Å². The summed E-state index contributed by atoms with van der Waals surface area (Å²) in [5, 5.41) is 0. The zero-order valence-corrected chi connectivity index (χ0v) is 11.3. The van der Waals surface area contributed by atoms with Crippen LogP contribution < -0.4 is 0 Å². The fourth-order valence-corrected chi connectivity index (χ4v) is 2.06. The van der Waals surface area contributed by atoms with E-state index in [-0.39, 0.29) is 5.97 Å². The predicted molar refractivity (Wildman–Crippen MR) is 69.2 cm³/mol. The highest BCUT2D eigenvalue weighted by atomic mass is 32.2. The highest BCUT2D eigenvalue weighted by Gasteiger charge is 2.12. The lowest BCUT2D eigenvalue weighted by atomic mass is 10.2. The van der Waals surface area contributed by atoms with Crippen LogP contribution >= 0.6 is 11.8 Å². The molecule has 0 radical (unpaired) electrons. The number of aryl methyl sites for hydroxylation is 1. The molecule has 0 spiro atoms. The molecule has 0 saturated carbocycles. The van der Waals surface area contributed by atoms with Gasteiger partial charge in [-0.25, -0.2) is 14.8 Å². The van der Waals surface area contributed by atoms with E-state index in [0.717, 1.165) is 23.8 Å². The van der Waals surface area contributed by atoms with Gasteiger partial charge in [0.15, 0.2) is 0 Å². The number of aromatic nitrogens is 2. The summed E-state index contributed by atoms with van der Waals surface area (Å²) in [7, 11) is 0. The Labute approximate surface area is 106 Å². The monoisotopic (exact) mass is 254 g/mol. The second-order valence-corrected chi connectivity index (χ2v) is 4.66. The molecule has 0 atom stereocenters. The third kappa shape index (κ3) is 4.34. The van der Waals surface area contributed by atoms with Crippen molar-refractivity contribution in [3.8, 4) is 0 Å². The van der Waals surface area contributed by atoms with Gasteiger partial charge in [0.1, 0.15) is 5.82 Å². The maximum Gasteiger partial charge on any atom is 0.341 e. The molecular formula is C12H18N2O2S. The molecule has 1 rings (SSSR count). The first-order chi connectivity index (χ1) is 8.19. The highest BCUT2D eigenvalue weighted by molar-refractivity contribution is 7.98. The van der Waals surface area contributed by atoms with Crippen molar-refractivity contribution in [3.05, 3.63) is 23.3 Å². The SMILES string of the molecule is CCCSCc1ncc(C(=O)OCC)c(C)n1. The van der Waals surface area contributed by atoms with Gasteiger partial charge in [-0.05, 0) is 26.0 Å². The van der Waals surface area contributed by atoms with Crippen molar-refractivity contribution in [1.29, 1.82) is 0 Å². The molecular weight excluding hydrogens is 236 g/mol. The number of hydrogen-bond donors (Lipinski definition) is 0. The summed E-state index contributed by atoms with van der Waals surface area (Å²) in [5.74, 6) is 2.31. The molecule has 0 fully saturated rings. The Bertz CT molecular complexity index is 383. The summed E-state index contributed by atoms with van der Waals surface area (Å²) in [6.45, 7) is 6.10. The molecule has 1 heterocycles. The van der Waals surface area contributed by atoms with Crippen LogP contribution in [0.15, 0.2) is 6.20 Å². The maximum atomic E-state index is 11.5. The molecule has 1 aromatic rings. The predicted octanol–water partition coefficient (Wildman–Crippen LogP) is 2.60. The number of thioether (sulfide) groups is 1. The van der Waals surface area contributed by atoms with Crippen molar-refractivity contribution in [2.75, 3.05) is 12.4 Å². The lowest BCUT2D eigenvalue weighted by molar-refractivity contribution is 0.0524. The molecule has 1 aromatic heterocycles. The molecule has 0 aliphatic rings. The molecule has 0 aliphatic heterocycles. The van der Waals surface area contributed by atoms with Crippen LogP contribution in [0.4, 0.5) is 0 Å².